The van der Waals surface area contributed by atoms with Gasteiger partial charge in [-0.25, -0.2) is 0 Å². The summed E-state index contributed by atoms with van der Waals surface area (Å²) in [7, 11) is 3.57. The Kier molecular flexibility index (Phi) is 3.38. The largest absolute Gasteiger partial charge is 0.495 e. The first-order chi connectivity index (χ1) is 6.33. The molecule has 0 bridgehead atoms. The van der Waals surface area contributed by atoms with E-state index in [4.69, 9.17) is 4.74 Å². The molecule has 0 atom stereocenters. The Morgan fingerprint density at radius 3 is 2.85 bits per heavy atom. The molecule has 0 saturated carbocycles. The summed E-state index contributed by atoms with van der Waals surface area (Å²) in [6, 6.07) is 5.99. The summed E-state index contributed by atoms with van der Waals surface area (Å²) >= 11 is 0. The Morgan fingerprint density at radius 1 is 1.54 bits per heavy atom. The third-order valence-corrected chi connectivity index (χ3v) is 1.95. The van der Waals surface area contributed by atoms with Crippen LogP contribution in [0.3, 0.4) is 0 Å². The summed E-state index contributed by atoms with van der Waals surface area (Å²) in [5.74, 6) is 0.877. The van der Waals surface area contributed by atoms with Crippen molar-refractivity contribution in [3.8, 4) is 5.75 Å². The Bertz CT molecular complexity index is 294. The molecule has 0 spiro atoms. The zero-order valence-electron chi connectivity index (χ0n) is 8.13. The molecule has 1 N–H and O–H groups in total. The van der Waals surface area contributed by atoms with Crippen LogP contribution in [0.5, 0.6) is 5.75 Å². The average Bonchev–Trinajstić information content (AvgIpc) is 2.18. The predicted molar refractivity (Wildman–Crippen MR) is 56.4 cm³/mol. The third-order valence-electron chi connectivity index (χ3n) is 1.95. The standard InChI is InChI=1S/C11H15NO/c1-4-6-9-7-5-8-10(13-3)11(9)12-2/h4-5,7-8,12H,1,6H2,2-3H3. The van der Waals surface area contributed by atoms with E-state index in [1.165, 1.54) is 5.56 Å². The quantitative estimate of drug-likeness (QED) is 0.713. The number of methoxy groups -OCH3 is 1. The van der Waals surface area contributed by atoms with Gasteiger partial charge in [-0.15, -0.1) is 6.58 Å². The van der Waals surface area contributed by atoms with E-state index in [0.717, 1.165) is 17.9 Å². The van der Waals surface area contributed by atoms with E-state index >= 15 is 0 Å². The maximum Gasteiger partial charge on any atom is 0.142 e. The Hall–Kier alpha value is -1.44. The molecule has 0 fully saturated rings. The van der Waals surface area contributed by atoms with Crippen molar-refractivity contribution in [2.24, 2.45) is 0 Å². The summed E-state index contributed by atoms with van der Waals surface area (Å²) in [6.07, 6.45) is 2.74. The van der Waals surface area contributed by atoms with Crippen molar-refractivity contribution in [2.45, 2.75) is 6.42 Å². The lowest BCUT2D eigenvalue weighted by Crippen LogP contribution is -1.98. The number of benzene rings is 1. The molecule has 2 heteroatoms. The Labute approximate surface area is 79.2 Å². The summed E-state index contributed by atoms with van der Waals surface area (Å²) in [4.78, 5) is 0. The van der Waals surface area contributed by atoms with Crippen molar-refractivity contribution in [1.29, 1.82) is 0 Å². The van der Waals surface area contributed by atoms with Gasteiger partial charge in [0.1, 0.15) is 5.75 Å². The van der Waals surface area contributed by atoms with Gasteiger partial charge in [-0.1, -0.05) is 18.2 Å². The van der Waals surface area contributed by atoms with Crippen LogP contribution >= 0.6 is 0 Å². The second-order valence-corrected chi connectivity index (χ2v) is 2.74. The second-order valence-electron chi connectivity index (χ2n) is 2.74. The monoisotopic (exact) mass is 177 g/mol. The van der Waals surface area contributed by atoms with Crippen LogP contribution in [0.15, 0.2) is 30.9 Å². The number of nitrogens with one attached hydrogen (secondary N) is 1. The number of allylic oxidation sites excluding steroid dienone is 1. The smallest absolute Gasteiger partial charge is 0.142 e. The van der Waals surface area contributed by atoms with Gasteiger partial charge in [-0.3, -0.25) is 0 Å². The fraction of sp³-hybridized carbons (Fsp3) is 0.273. The molecule has 0 saturated heterocycles. The van der Waals surface area contributed by atoms with Gasteiger partial charge in [0.25, 0.3) is 0 Å². The van der Waals surface area contributed by atoms with E-state index in [2.05, 4.69) is 18.0 Å². The Balaban J connectivity index is 3.10. The number of para-hydroxylation sites is 1. The van der Waals surface area contributed by atoms with Crippen LogP contribution in [-0.4, -0.2) is 14.2 Å². The van der Waals surface area contributed by atoms with Crippen molar-refractivity contribution in [2.75, 3.05) is 19.5 Å². The molecule has 1 aromatic carbocycles. The zero-order chi connectivity index (χ0) is 9.68. The topological polar surface area (TPSA) is 21.3 Å². The van der Waals surface area contributed by atoms with E-state index in [-0.39, 0.29) is 0 Å². The number of ether oxygens (including phenoxy) is 1. The summed E-state index contributed by atoms with van der Waals surface area (Å²) in [5.41, 5.74) is 2.25. The molecular weight excluding hydrogens is 162 g/mol. The predicted octanol–water partition coefficient (Wildman–Crippen LogP) is 2.47. The van der Waals surface area contributed by atoms with E-state index in [0.29, 0.717) is 0 Å². The highest BCUT2D eigenvalue weighted by molar-refractivity contribution is 5.62. The Morgan fingerprint density at radius 2 is 2.31 bits per heavy atom. The SMILES string of the molecule is C=CCc1cccc(OC)c1NC. The number of anilines is 1. The van der Waals surface area contributed by atoms with Crippen molar-refractivity contribution in [3.05, 3.63) is 36.4 Å². The first-order valence-corrected chi connectivity index (χ1v) is 4.28. The van der Waals surface area contributed by atoms with Gasteiger partial charge in [-0.2, -0.15) is 0 Å². The molecule has 0 aliphatic rings. The fourth-order valence-electron chi connectivity index (χ4n) is 1.36. The summed E-state index contributed by atoms with van der Waals surface area (Å²) in [5, 5.41) is 3.13. The van der Waals surface area contributed by atoms with Crippen molar-refractivity contribution in [3.63, 3.8) is 0 Å². The first kappa shape index (κ1) is 9.65. The molecule has 1 aromatic rings. The number of hydrogen-bond donors (Lipinski definition) is 1. The van der Waals surface area contributed by atoms with Gasteiger partial charge in [0, 0.05) is 7.05 Å². The van der Waals surface area contributed by atoms with Gasteiger partial charge in [0.05, 0.1) is 12.8 Å². The molecule has 0 amide bonds. The molecule has 0 aliphatic heterocycles. The van der Waals surface area contributed by atoms with E-state index in [1.807, 2.05) is 25.3 Å². The normalized spacial score (nSPS) is 9.38. The molecule has 13 heavy (non-hydrogen) atoms. The first-order valence-electron chi connectivity index (χ1n) is 4.28. The van der Waals surface area contributed by atoms with Crippen LogP contribution < -0.4 is 10.1 Å². The van der Waals surface area contributed by atoms with Crippen LogP contribution in [0.25, 0.3) is 0 Å². The van der Waals surface area contributed by atoms with Gasteiger partial charge in [0.15, 0.2) is 0 Å². The minimum atomic E-state index is 0.855. The van der Waals surface area contributed by atoms with Crippen molar-refractivity contribution >= 4 is 5.69 Å². The van der Waals surface area contributed by atoms with Gasteiger partial charge in [-0.05, 0) is 18.1 Å². The third kappa shape index (κ3) is 2.02. The highest BCUT2D eigenvalue weighted by Crippen LogP contribution is 2.27. The molecule has 0 heterocycles. The summed E-state index contributed by atoms with van der Waals surface area (Å²) < 4.78 is 5.23. The second kappa shape index (κ2) is 4.55. The van der Waals surface area contributed by atoms with Crippen LogP contribution in [0.4, 0.5) is 5.69 Å². The lowest BCUT2D eigenvalue weighted by molar-refractivity contribution is 0.416. The summed E-state index contributed by atoms with van der Waals surface area (Å²) in [6.45, 7) is 3.72. The molecule has 70 valence electrons. The van der Waals surface area contributed by atoms with Crippen molar-refractivity contribution < 1.29 is 4.74 Å². The van der Waals surface area contributed by atoms with Crippen LogP contribution in [0, 0.1) is 0 Å². The van der Waals surface area contributed by atoms with Crippen molar-refractivity contribution in [1.82, 2.24) is 0 Å². The highest BCUT2D eigenvalue weighted by Gasteiger charge is 2.04. The van der Waals surface area contributed by atoms with Crippen LogP contribution in [0.2, 0.25) is 0 Å². The molecule has 0 aromatic heterocycles. The minimum Gasteiger partial charge on any atom is -0.495 e. The maximum atomic E-state index is 5.23. The van der Waals surface area contributed by atoms with E-state index < -0.39 is 0 Å². The molecular formula is C11H15NO. The molecule has 0 radical (unpaired) electrons. The molecule has 1 rings (SSSR count). The lowest BCUT2D eigenvalue weighted by Gasteiger charge is -2.11. The maximum absolute atomic E-state index is 5.23. The zero-order valence-corrected chi connectivity index (χ0v) is 8.13. The fourth-order valence-corrected chi connectivity index (χ4v) is 1.36. The van der Waals surface area contributed by atoms with Gasteiger partial charge < -0.3 is 10.1 Å². The number of rotatable bonds is 4. The average molecular weight is 177 g/mol. The van der Waals surface area contributed by atoms with Gasteiger partial charge >= 0.3 is 0 Å². The van der Waals surface area contributed by atoms with Crippen LogP contribution in [-0.2, 0) is 6.42 Å². The highest BCUT2D eigenvalue weighted by atomic mass is 16.5. The number of hydrogen-bond acceptors (Lipinski definition) is 2. The van der Waals surface area contributed by atoms with Gasteiger partial charge in [0.2, 0.25) is 0 Å². The van der Waals surface area contributed by atoms with E-state index in [9.17, 15) is 0 Å². The molecule has 2 nitrogen and oxygen atoms in total. The molecule has 0 aliphatic carbocycles. The lowest BCUT2D eigenvalue weighted by atomic mass is 10.1. The minimum absolute atomic E-state index is 0.855. The van der Waals surface area contributed by atoms with E-state index in [1.54, 1.807) is 7.11 Å². The molecule has 0 unspecified atom stereocenters. The van der Waals surface area contributed by atoms with Crippen LogP contribution in [0.1, 0.15) is 5.56 Å².